The second-order valence-electron chi connectivity index (χ2n) is 8.46. The molecule has 1 aliphatic carbocycles. The van der Waals surface area contributed by atoms with Gasteiger partial charge in [-0.25, -0.2) is 9.37 Å². The van der Waals surface area contributed by atoms with Gasteiger partial charge in [0.1, 0.15) is 11.6 Å². The van der Waals surface area contributed by atoms with E-state index in [1.807, 2.05) is 16.7 Å². The Kier molecular flexibility index (Phi) is 5.24. The number of thiazole rings is 1. The number of hydrogen-bond donors (Lipinski definition) is 0. The zero-order chi connectivity index (χ0) is 23.6. The lowest BCUT2D eigenvalue weighted by Crippen LogP contribution is -2.22. The van der Waals surface area contributed by atoms with Crippen molar-refractivity contribution in [3.05, 3.63) is 69.4 Å². The van der Waals surface area contributed by atoms with Crippen molar-refractivity contribution in [2.24, 2.45) is 0 Å². The number of benzene rings is 2. The molecule has 0 spiro atoms. The lowest BCUT2D eigenvalue weighted by atomic mass is 10.0. The third-order valence-corrected chi connectivity index (χ3v) is 7.90. The van der Waals surface area contributed by atoms with Gasteiger partial charge in [-0.05, 0) is 49.2 Å². The minimum atomic E-state index is -0.597. The molecule has 0 saturated heterocycles. The molecule has 1 saturated carbocycles. The molecule has 3 heterocycles. The van der Waals surface area contributed by atoms with Crippen LogP contribution in [-0.4, -0.2) is 32.9 Å². The van der Waals surface area contributed by atoms with Crippen LogP contribution >= 0.6 is 34.5 Å². The van der Waals surface area contributed by atoms with Crippen molar-refractivity contribution < 1.29 is 18.7 Å². The maximum absolute atomic E-state index is 15.4. The molecule has 2 aromatic heterocycles. The summed E-state index contributed by atoms with van der Waals surface area (Å²) in [5.74, 6) is -0.755. The van der Waals surface area contributed by atoms with Crippen LogP contribution in [0.5, 0.6) is 5.75 Å². The molecule has 9 heteroatoms. The molecule has 2 aliphatic rings. The molecule has 1 fully saturated rings. The molecule has 0 N–H and O–H groups in total. The lowest BCUT2D eigenvalue weighted by molar-refractivity contribution is 0.101. The highest BCUT2D eigenvalue weighted by molar-refractivity contribution is 7.11. The van der Waals surface area contributed by atoms with Gasteiger partial charge in [0.2, 0.25) is 6.23 Å². The van der Waals surface area contributed by atoms with Crippen LogP contribution in [0.1, 0.15) is 55.6 Å². The summed E-state index contributed by atoms with van der Waals surface area (Å²) < 4.78 is 23.6. The van der Waals surface area contributed by atoms with Crippen LogP contribution in [0.15, 0.2) is 42.6 Å². The van der Waals surface area contributed by atoms with Gasteiger partial charge in [0.05, 0.1) is 38.4 Å². The summed E-state index contributed by atoms with van der Waals surface area (Å²) in [6.07, 6.45) is 3.47. The second kappa shape index (κ2) is 8.18. The molecule has 1 unspecified atom stereocenters. The molecular formula is C25H17Cl2FN2O3S. The monoisotopic (exact) mass is 514 g/mol. The second-order valence-corrected chi connectivity index (χ2v) is 10.1. The quantitative estimate of drug-likeness (QED) is 0.216. The molecule has 1 aliphatic heterocycles. The fraction of sp³-hybridized carbons (Fsp3) is 0.240. The minimum Gasteiger partial charge on any atom is -0.464 e. The normalized spacial score (nSPS) is 16.7. The van der Waals surface area contributed by atoms with Crippen molar-refractivity contribution in [2.45, 2.75) is 25.0 Å². The number of hydrogen-bond acceptors (Lipinski definition) is 5. The highest BCUT2D eigenvalue weighted by Gasteiger charge is 2.35. The van der Waals surface area contributed by atoms with Crippen molar-refractivity contribution in [3.63, 3.8) is 0 Å². The Bertz CT molecular complexity index is 1490. The van der Waals surface area contributed by atoms with E-state index in [1.54, 1.807) is 35.7 Å². The van der Waals surface area contributed by atoms with Crippen molar-refractivity contribution in [3.8, 4) is 17.0 Å². The van der Waals surface area contributed by atoms with E-state index in [2.05, 4.69) is 4.98 Å². The van der Waals surface area contributed by atoms with Gasteiger partial charge in [0.15, 0.2) is 11.6 Å². The Morgan fingerprint density at radius 3 is 2.59 bits per heavy atom. The first kappa shape index (κ1) is 21.8. The number of nitrogens with zero attached hydrogens (tertiary/aromatic N) is 2. The number of fused-ring (bicyclic) bond motifs is 5. The average Bonchev–Trinajstić information content (AvgIpc) is 3.45. The number of carbonyl (C=O) groups is 2. The van der Waals surface area contributed by atoms with E-state index in [4.69, 9.17) is 27.9 Å². The van der Waals surface area contributed by atoms with Crippen molar-refractivity contribution in [1.82, 2.24) is 9.55 Å². The number of aromatic nitrogens is 2. The summed E-state index contributed by atoms with van der Waals surface area (Å²) in [5.41, 5.74) is 2.29. The third kappa shape index (κ3) is 3.45. The highest BCUT2D eigenvalue weighted by Crippen LogP contribution is 2.48. The van der Waals surface area contributed by atoms with Gasteiger partial charge in [0, 0.05) is 28.6 Å². The molecular weight excluding hydrogens is 498 g/mol. The number of ketones is 2. The van der Waals surface area contributed by atoms with E-state index in [0.29, 0.717) is 17.2 Å². The zero-order valence-electron chi connectivity index (χ0n) is 17.7. The number of carbonyl (C=O) groups excluding carboxylic acids is 2. The van der Waals surface area contributed by atoms with Crippen LogP contribution in [-0.2, 0) is 0 Å². The van der Waals surface area contributed by atoms with Crippen LogP contribution in [0.2, 0.25) is 0 Å². The topological polar surface area (TPSA) is 61.2 Å². The van der Waals surface area contributed by atoms with Crippen molar-refractivity contribution in [1.29, 1.82) is 0 Å². The maximum atomic E-state index is 15.4. The summed E-state index contributed by atoms with van der Waals surface area (Å²) in [4.78, 5) is 29.8. The lowest BCUT2D eigenvalue weighted by Gasteiger charge is -2.29. The van der Waals surface area contributed by atoms with Gasteiger partial charge in [0.25, 0.3) is 0 Å². The van der Waals surface area contributed by atoms with Crippen molar-refractivity contribution in [2.75, 3.05) is 11.8 Å². The molecule has 0 bridgehead atoms. The summed E-state index contributed by atoms with van der Waals surface area (Å²) in [6.45, 7) is 0. The van der Waals surface area contributed by atoms with Gasteiger partial charge in [-0.1, -0.05) is 0 Å². The van der Waals surface area contributed by atoms with Gasteiger partial charge < -0.3 is 4.74 Å². The molecule has 2 aromatic carbocycles. The van der Waals surface area contributed by atoms with Crippen LogP contribution in [0.25, 0.3) is 22.2 Å². The number of halogens is 3. The van der Waals surface area contributed by atoms with Crippen LogP contribution < -0.4 is 4.74 Å². The zero-order valence-corrected chi connectivity index (χ0v) is 20.0. The predicted octanol–water partition coefficient (Wildman–Crippen LogP) is 6.56. The van der Waals surface area contributed by atoms with Gasteiger partial charge in [-0.15, -0.1) is 34.5 Å². The summed E-state index contributed by atoms with van der Waals surface area (Å²) in [7, 11) is 0. The number of alkyl halides is 2. The maximum Gasteiger partial charge on any atom is 0.213 e. The Labute approximate surface area is 208 Å². The summed E-state index contributed by atoms with van der Waals surface area (Å²) in [6, 6.07) is 9.87. The Morgan fingerprint density at radius 2 is 1.85 bits per heavy atom. The fourth-order valence-electron chi connectivity index (χ4n) is 4.39. The van der Waals surface area contributed by atoms with E-state index >= 15 is 4.39 Å². The first-order chi connectivity index (χ1) is 16.5. The molecule has 4 aromatic rings. The Hall–Kier alpha value is -2.74. The number of ether oxygens (including phenoxy) is 1. The first-order valence-corrected chi connectivity index (χ1v) is 12.7. The predicted molar refractivity (Wildman–Crippen MR) is 130 cm³/mol. The van der Waals surface area contributed by atoms with E-state index in [-0.39, 0.29) is 40.2 Å². The van der Waals surface area contributed by atoms with Gasteiger partial charge >= 0.3 is 0 Å². The van der Waals surface area contributed by atoms with Gasteiger partial charge in [-0.2, -0.15) is 0 Å². The van der Waals surface area contributed by atoms with Crippen LogP contribution in [0, 0.1) is 5.82 Å². The minimum absolute atomic E-state index is 0.121. The molecule has 172 valence electrons. The van der Waals surface area contributed by atoms with E-state index < -0.39 is 12.0 Å². The molecule has 6 rings (SSSR count). The molecule has 0 amide bonds. The Morgan fingerprint density at radius 1 is 1.09 bits per heavy atom. The molecule has 1 atom stereocenters. The Balaban J connectivity index is 1.58. The highest BCUT2D eigenvalue weighted by atomic mass is 35.5. The van der Waals surface area contributed by atoms with E-state index in [9.17, 15) is 9.59 Å². The summed E-state index contributed by atoms with van der Waals surface area (Å²) in [5, 5.41) is 1.83. The third-order valence-electron chi connectivity index (χ3n) is 6.22. The first-order valence-electron chi connectivity index (χ1n) is 10.8. The summed E-state index contributed by atoms with van der Waals surface area (Å²) >= 11 is 13.0. The fourth-order valence-corrected chi connectivity index (χ4v) is 5.80. The van der Waals surface area contributed by atoms with Gasteiger partial charge in [-0.3, -0.25) is 14.2 Å². The number of rotatable bonds is 6. The number of Topliss-reactive ketones (excluding diaryl/α,β-unsaturated/α-hetero) is 2. The van der Waals surface area contributed by atoms with Crippen LogP contribution in [0.4, 0.5) is 4.39 Å². The largest absolute Gasteiger partial charge is 0.464 e. The molecule has 0 radical (unpaired) electrons. The van der Waals surface area contributed by atoms with E-state index in [1.165, 1.54) is 6.07 Å². The van der Waals surface area contributed by atoms with E-state index in [0.717, 1.165) is 33.6 Å². The SMILES string of the molecule is O=C(CCl)c1cc(F)c2c(c1)OC(c1cnc(C3CC3)s1)n1c-2cc2cc(C(=O)CCl)ccc21. The molecule has 5 nitrogen and oxygen atoms in total. The molecule has 34 heavy (non-hydrogen) atoms. The van der Waals surface area contributed by atoms with Crippen LogP contribution in [0.3, 0.4) is 0 Å². The standard InChI is InChI=1S/C25H17Cl2FN2O3S/c26-9-19(31)13-3-4-17-14(5-13)7-18-23-16(28)6-15(20(32)10-27)8-21(23)33-25(30(17)18)22-11-29-24(34-22)12-1-2-12/h3-8,11-12,25H,1-2,9-10H2. The average molecular weight is 515 g/mol. The smallest absolute Gasteiger partial charge is 0.213 e. The van der Waals surface area contributed by atoms with Crippen molar-refractivity contribution >= 4 is 57.0 Å².